The Balaban J connectivity index is 0.000000490. The molecule has 0 atom stereocenters. The zero-order valence-electron chi connectivity index (χ0n) is 4.19. The van der Waals surface area contributed by atoms with Crippen molar-refractivity contribution in [3.8, 4) is 0 Å². The van der Waals surface area contributed by atoms with Gasteiger partial charge in [-0.15, -0.1) is 0 Å². The summed E-state index contributed by atoms with van der Waals surface area (Å²) in [5.41, 5.74) is 0. The molecule has 0 N–H and O–H groups in total. The highest BCUT2D eigenvalue weighted by atomic mass is 32.1. The monoisotopic (exact) mass is 128 g/mol. The van der Waals surface area contributed by atoms with Crippen LogP contribution in [0.25, 0.3) is 0 Å². The lowest BCUT2D eigenvalue weighted by atomic mass is 10.5. The van der Waals surface area contributed by atoms with Crippen LogP contribution in [0.4, 0.5) is 0 Å². The second-order valence-electron chi connectivity index (χ2n) is 1.24. The van der Waals surface area contributed by atoms with Gasteiger partial charge < -0.3 is 18.7 Å². The Kier molecular flexibility index (Phi) is 3.03. The van der Waals surface area contributed by atoms with E-state index in [1.807, 2.05) is 0 Å². The normalized spacial score (nSPS) is 7.50. The van der Waals surface area contributed by atoms with Gasteiger partial charge in [0.2, 0.25) is 0 Å². The first kappa shape index (κ1) is 7.30. The van der Waals surface area contributed by atoms with Crippen molar-refractivity contribution in [2.45, 2.75) is 0 Å². The SMILES string of the molecule is [O-][n+]1ccccc1.[SH-]. The Morgan fingerprint density at radius 2 is 1.50 bits per heavy atom. The van der Waals surface area contributed by atoms with E-state index >= 15 is 0 Å². The average Bonchev–Trinajstić information content (AvgIpc) is 1.69. The lowest BCUT2D eigenvalue weighted by Gasteiger charge is -1.88. The molecular formula is C5H6NOS-. The molecule has 3 heteroatoms. The number of hydrogen-bond acceptors (Lipinski definition) is 2. The molecule has 2 nitrogen and oxygen atoms in total. The van der Waals surface area contributed by atoms with Crippen LogP contribution in [-0.2, 0) is 13.5 Å². The third kappa shape index (κ3) is 1.84. The van der Waals surface area contributed by atoms with Crippen LogP contribution in [0.2, 0.25) is 0 Å². The Morgan fingerprint density at radius 3 is 1.75 bits per heavy atom. The van der Waals surface area contributed by atoms with E-state index in [1.54, 1.807) is 18.2 Å². The van der Waals surface area contributed by atoms with Crippen molar-refractivity contribution in [1.29, 1.82) is 0 Å². The van der Waals surface area contributed by atoms with E-state index in [-0.39, 0.29) is 13.5 Å². The van der Waals surface area contributed by atoms with Crippen molar-refractivity contribution in [3.05, 3.63) is 35.8 Å². The predicted octanol–water partition coefficient (Wildman–Crippen LogP) is 0.0499. The molecule has 0 aliphatic carbocycles. The van der Waals surface area contributed by atoms with Gasteiger partial charge in [-0.1, -0.05) is 6.07 Å². The van der Waals surface area contributed by atoms with Gasteiger partial charge in [0.05, 0.1) is 0 Å². The molecule has 0 unspecified atom stereocenters. The van der Waals surface area contributed by atoms with Gasteiger partial charge in [0.15, 0.2) is 12.4 Å². The first-order valence-corrected chi connectivity index (χ1v) is 2.03. The zero-order valence-corrected chi connectivity index (χ0v) is 5.08. The summed E-state index contributed by atoms with van der Waals surface area (Å²) in [6, 6.07) is 5.18. The maximum atomic E-state index is 10.2. The Labute approximate surface area is 54.8 Å². The van der Waals surface area contributed by atoms with Crippen molar-refractivity contribution >= 4 is 13.5 Å². The van der Waals surface area contributed by atoms with Gasteiger partial charge >= 0.3 is 0 Å². The number of aromatic nitrogens is 1. The lowest BCUT2D eigenvalue weighted by molar-refractivity contribution is -0.605. The van der Waals surface area contributed by atoms with Crippen molar-refractivity contribution in [1.82, 2.24) is 0 Å². The molecular weight excluding hydrogens is 122 g/mol. The standard InChI is InChI=1S/C5H5NO.H2S/c7-6-4-2-1-3-5-6;/h1-5H;1H2/p-1. The van der Waals surface area contributed by atoms with Crippen LogP contribution in [0.15, 0.2) is 30.6 Å². The van der Waals surface area contributed by atoms with Crippen LogP contribution in [0.1, 0.15) is 0 Å². The fourth-order valence-corrected chi connectivity index (χ4v) is 0.383. The van der Waals surface area contributed by atoms with Gasteiger partial charge in [0.1, 0.15) is 0 Å². The van der Waals surface area contributed by atoms with E-state index < -0.39 is 0 Å². The molecule has 8 heavy (non-hydrogen) atoms. The van der Waals surface area contributed by atoms with Crippen molar-refractivity contribution in [3.63, 3.8) is 0 Å². The molecule has 44 valence electrons. The smallest absolute Gasteiger partial charge is 0.180 e. The van der Waals surface area contributed by atoms with Gasteiger partial charge in [-0.3, -0.25) is 0 Å². The molecule has 1 rings (SSSR count). The third-order valence-electron chi connectivity index (χ3n) is 0.688. The second-order valence-corrected chi connectivity index (χ2v) is 1.24. The van der Waals surface area contributed by atoms with Crippen molar-refractivity contribution in [2.75, 3.05) is 0 Å². The van der Waals surface area contributed by atoms with Gasteiger partial charge in [0, 0.05) is 12.1 Å². The minimum Gasteiger partial charge on any atom is -0.813 e. The number of nitrogens with zero attached hydrogens (tertiary/aromatic N) is 1. The van der Waals surface area contributed by atoms with Crippen molar-refractivity contribution in [2.24, 2.45) is 0 Å². The first-order chi connectivity index (χ1) is 3.39. The largest absolute Gasteiger partial charge is 0.813 e. The molecule has 0 spiro atoms. The predicted molar refractivity (Wildman–Crippen MR) is 34.2 cm³/mol. The minimum absolute atomic E-state index is 0. The molecule has 1 heterocycles. The number of thiol groups is 1. The lowest BCUT2D eigenvalue weighted by Crippen LogP contribution is -2.22. The minimum atomic E-state index is 0. The highest BCUT2D eigenvalue weighted by Gasteiger charge is 1.74. The molecule has 0 aromatic carbocycles. The highest BCUT2D eigenvalue weighted by molar-refractivity contribution is 7.37. The van der Waals surface area contributed by atoms with Crippen LogP contribution in [0.5, 0.6) is 0 Å². The summed E-state index contributed by atoms with van der Waals surface area (Å²) in [6.07, 6.45) is 2.89. The van der Waals surface area contributed by atoms with E-state index in [0.29, 0.717) is 0 Å². The van der Waals surface area contributed by atoms with Crippen molar-refractivity contribution < 1.29 is 4.73 Å². The molecule has 0 aliphatic rings. The molecule has 0 aliphatic heterocycles. The van der Waals surface area contributed by atoms with Crippen LogP contribution >= 0.6 is 0 Å². The topological polar surface area (TPSA) is 26.9 Å². The van der Waals surface area contributed by atoms with E-state index in [9.17, 15) is 5.21 Å². The summed E-state index contributed by atoms with van der Waals surface area (Å²) in [4.78, 5) is 0. The third-order valence-corrected chi connectivity index (χ3v) is 0.688. The molecule has 1 aromatic rings. The quantitative estimate of drug-likeness (QED) is 0.214. The molecule has 0 amide bonds. The number of hydrogen-bond donors (Lipinski definition) is 0. The highest BCUT2D eigenvalue weighted by Crippen LogP contribution is 1.72. The zero-order chi connectivity index (χ0) is 5.11. The summed E-state index contributed by atoms with van der Waals surface area (Å²) < 4.78 is 0.750. The maximum Gasteiger partial charge on any atom is 0.180 e. The van der Waals surface area contributed by atoms with E-state index in [1.165, 1.54) is 12.4 Å². The first-order valence-electron chi connectivity index (χ1n) is 2.03. The van der Waals surface area contributed by atoms with Crippen LogP contribution < -0.4 is 4.73 Å². The van der Waals surface area contributed by atoms with Gasteiger partial charge in [-0.2, -0.15) is 4.73 Å². The molecule has 0 fully saturated rings. The summed E-state index contributed by atoms with van der Waals surface area (Å²) in [5, 5.41) is 10.2. The van der Waals surface area contributed by atoms with Gasteiger partial charge in [0.25, 0.3) is 0 Å². The molecule has 0 saturated carbocycles. The van der Waals surface area contributed by atoms with Gasteiger partial charge in [-0.25, -0.2) is 0 Å². The summed E-state index contributed by atoms with van der Waals surface area (Å²) in [7, 11) is 0. The summed E-state index contributed by atoms with van der Waals surface area (Å²) in [6.45, 7) is 0. The number of rotatable bonds is 0. The Morgan fingerprint density at radius 1 is 1.00 bits per heavy atom. The van der Waals surface area contributed by atoms with Crippen LogP contribution in [0.3, 0.4) is 0 Å². The molecule has 0 saturated heterocycles. The van der Waals surface area contributed by atoms with Crippen LogP contribution in [0, 0.1) is 5.21 Å². The fraction of sp³-hybridized carbons (Fsp3) is 0. The van der Waals surface area contributed by atoms with Crippen LogP contribution in [-0.4, -0.2) is 0 Å². The van der Waals surface area contributed by atoms with E-state index in [4.69, 9.17) is 0 Å². The van der Waals surface area contributed by atoms with E-state index in [0.717, 1.165) is 4.73 Å². The average molecular weight is 128 g/mol. The summed E-state index contributed by atoms with van der Waals surface area (Å²) in [5.74, 6) is 0. The Bertz CT molecular complexity index is 142. The molecule has 1 aromatic heterocycles. The fourth-order valence-electron chi connectivity index (χ4n) is 0.383. The van der Waals surface area contributed by atoms with E-state index in [2.05, 4.69) is 0 Å². The Hall–Kier alpha value is -0.700. The summed E-state index contributed by atoms with van der Waals surface area (Å²) >= 11 is 0. The molecule has 0 bridgehead atoms. The maximum absolute atomic E-state index is 10.2. The second kappa shape index (κ2) is 3.32. The molecule has 0 radical (unpaired) electrons. The van der Waals surface area contributed by atoms with Gasteiger partial charge in [-0.05, 0) is 0 Å². The number of pyridine rings is 1.